The molecule has 0 amide bonds. The Morgan fingerprint density at radius 1 is 0.875 bits per heavy atom. The summed E-state index contributed by atoms with van der Waals surface area (Å²) < 4.78 is 17.1. The maximum absolute atomic E-state index is 12.7. The van der Waals surface area contributed by atoms with Gasteiger partial charge in [0.2, 0.25) is 0 Å². The van der Waals surface area contributed by atoms with Crippen molar-refractivity contribution in [1.29, 1.82) is 0 Å². The van der Waals surface area contributed by atoms with Crippen LogP contribution in [-0.4, -0.2) is 25.8 Å². The Balaban J connectivity index is 1.69. The van der Waals surface area contributed by atoms with E-state index in [1.165, 1.54) is 0 Å². The third-order valence-electron chi connectivity index (χ3n) is 5.27. The number of carbonyl (C=O) groups is 1. The molecular formula is C28H30O4. The van der Waals surface area contributed by atoms with Crippen LogP contribution in [-0.2, 0) is 16.1 Å². The van der Waals surface area contributed by atoms with Crippen molar-refractivity contribution < 1.29 is 19.0 Å². The number of methoxy groups -OCH3 is 1. The lowest BCUT2D eigenvalue weighted by Gasteiger charge is -2.23. The fraction of sp³-hybridized carbons (Fsp3) is 0.250. The molecule has 4 heteroatoms. The Kier molecular flexibility index (Phi) is 8.64. The summed E-state index contributed by atoms with van der Waals surface area (Å²) in [7, 11) is 1.65. The second-order valence-corrected chi connectivity index (χ2v) is 7.79. The van der Waals surface area contributed by atoms with Crippen molar-refractivity contribution in [3.63, 3.8) is 0 Å². The zero-order chi connectivity index (χ0) is 22.8. The predicted octanol–water partition coefficient (Wildman–Crippen LogP) is 6.18. The van der Waals surface area contributed by atoms with E-state index in [4.69, 9.17) is 14.2 Å². The van der Waals surface area contributed by atoms with E-state index in [9.17, 15) is 4.79 Å². The van der Waals surface area contributed by atoms with E-state index >= 15 is 0 Å². The topological polar surface area (TPSA) is 44.8 Å². The first-order valence-electron chi connectivity index (χ1n) is 10.8. The van der Waals surface area contributed by atoms with Gasteiger partial charge < -0.3 is 14.2 Å². The molecule has 32 heavy (non-hydrogen) atoms. The Hall–Kier alpha value is -3.37. The average Bonchev–Trinajstić information content (AvgIpc) is 2.85. The van der Waals surface area contributed by atoms with Crippen molar-refractivity contribution in [2.75, 3.05) is 13.7 Å². The van der Waals surface area contributed by atoms with E-state index in [1.807, 2.05) is 92.7 Å². The third-order valence-corrected chi connectivity index (χ3v) is 5.27. The largest absolute Gasteiger partial charge is 0.497 e. The summed E-state index contributed by atoms with van der Waals surface area (Å²) >= 11 is 0. The number of ether oxygens (including phenoxy) is 3. The molecule has 166 valence electrons. The van der Waals surface area contributed by atoms with Crippen LogP contribution in [0.5, 0.6) is 5.75 Å². The molecule has 3 aromatic rings. The summed E-state index contributed by atoms with van der Waals surface area (Å²) in [5.41, 5.74) is 3.75. The summed E-state index contributed by atoms with van der Waals surface area (Å²) in [5, 5.41) is 0. The minimum Gasteiger partial charge on any atom is -0.497 e. The Labute approximate surface area is 190 Å². The number of hydrogen-bond acceptors (Lipinski definition) is 4. The van der Waals surface area contributed by atoms with Gasteiger partial charge in [-0.05, 0) is 54.0 Å². The highest BCUT2D eigenvalue weighted by molar-refractivity contribution is 5.89. The number of rotatable bonds is 10. The van der Waals surface area contributed by atoms with Gasteiger partial charge in [-0.3, -0.25) is 0 Å². The Bertz CT molecular complexity index is 995. The van der Waals surface area contributed by atoms with Gasteiger partial charge in [-0.15, -0.1) is 0 Å². The maximum atomic E-state index is 12.7. The molecule has 0 aromatic heterocycles. The van der Waals surface area contributed by atoms with Crippen molar-refractivity contribution in [3.8, 4) is 5.75 Å². The maximum Gasteiger partial charge on any atom is 0.338 e. The summed E-state index contributed by atoms with van der Waals surface area (Å²) in [6, 6.07) is 26.9. The summed E-state index contributed by atoms with van der Waals surface area (Å²) in [5.74, 6) is 0.450. The average molecular weight is 431 g/mol. The summed E-state index contributed by atoms with van der Waals surface area (Å²) in [4.78, 5) is 12.7. The second kappa shape index (κ2) is 11.9. The van der Waals surface area contributed by atoms with E-state index in [-0.39, 0.29) is 11.9 Å². The monoisotopic (exact) mass is 430 g/mol. The molecule has 3 aromatic carbocycles. The standard InChI is InChI=1S/C28H30O4/c1-21(24-10-6-4-7-11-24)18-27(32-28(29)25-12-8-5-9-13-25)22(2)19-31-20-23-14-16-26(30-3)17-15-23/h4-18,22,27H,19-20H2,1-3H3/b21-18+/t22-,27+/m0/s1. The molecule has 3 rings (SSSR count). The number of esters is 1. The first-order chi connectivity index (χ1) is 15.6. The van der Waals surface area contributed by atoms with Crippen molar-refractivity contribution in [1.82, 2.24) is 0 Å². The fourth-order valence-electron chi connectivity index (χ4n) is 3.30. The zero-order valence-corrected chi connectivity index (χ0v) is 18.9. The Morgan fingerprint density at radius 2 is 1.47 bits per heavy atom. The van der Waals surface area contributed by atoms with Crippen LogP contribution in [0.2, 0.25) is 0 Å². The molecule has 0 bridgehead atoms. The number of hydrogen-bond donors (Lipinski definition) is 0. The number of carbonyl (C=O) groups excluding carboxylic acids is 1. The van der Waals surface area contributed by atoms with Gasteiger partial charge in [0.25, 0.3) is 0 Å². The minimum absolute atomic E-state index is 0.0282. The van der Waals surface area contributed by atoms with Crippen LogP contribution in [0.15, 0.2) is 91.0 Å². The lowest BCUT2D eigenvalue weighted by Crippen LogP contribution is -2.27. The molecule has 0 spiro atoms. The molecule has 2 atom stereocenters. The summed E-state index contributed by atoms with van der Waals surface area (Å²) in [6.45, 7) is 5.00. The van der Waals surface area contributed by atoms with Crippen molar-refractivity contribution in [2.45, 2.75) is 26.6 Å². The molecule has 0 aliphatic rings. The SMILES string of the molecule is COc1ccc(COC[C@H](C)[C@@H](/C=C(\C)c2ccccc2)OC(=O)c2ccccc2)cc1. The Morgan fingerprint density at radius 3 is 2.06 bits per heavy atom. The van der Waals surface area contributed by atoms with Crippen LogP contribution in [0.4, 0.5) is 0 Å². The molecule has 0 aliphatic heterocycles. The van der Waals surface area contributed by atoms with Gasteiger partial charge in [0.15, 0.2) is 0 Å². The van der Waals surface area contributed by atoms with Gasteiger partial charge in [0.05, 0.1) is 25.9 Å². The highest BCUT2D eigenvalue weighted by Gasteiger charge is 2.21. The molecule has 0 aliphatic carbocycles. The van der Waals surface area contributed by atoms with Crippen molar-refractivity contribution in [2.24, 2.45) is 5.92 Å². The molecule has 0 saturated carbocycles. The summed E-state index contributed by atoms with van der Waals surface area (Å²) in [6.07, 6.45) is 1.59. The van der Waals surface area contributed by atoms with Gasteiger partial charge in [0, 0.05) is 5.92 Å². The number of allylic oxidation sites excluding steroid dienone is 1. The zero-order valence-electron chi connectivity index (χ0n) is 18.9. The van der Waals surface area contributed by atoms with Gasteiger partial charge >= 0.3 is 5.97 Å². The van der Waals surface area contributed by atoms with Gasteiger partial charge in [-0.1, -0.05) is 67.6 Å². The van der Waals surface area contributed by atoms with E-state index in [1.54, 1.807) is 19.2 Å². The van der Waals surface area contributed by atoms with Crippen LogP contribution >= 0.6 is 0 Å². The van der Waals surface area contributed by atoms with Crippen LogP contribution < -0.4 is 4.74 Å². The molecule has 0 N–H and O–H groups in total. The predicted molar refractivity (Wildman–Crippen MR) is 128 cm³/mol. The molecule has 0 saturated heterocycles. The van der Waals surface area contributed by atoms with E-state index in [0.717, 1.165) is 22.4 Å². The lowest BCUT2D eigenvalue weighted by molar-refractivity contribution is 0.00866. The molecule has 0 radical (unpaired) electrons. The van der Waals surface area contributed by atoms with E-state index in [2.05, 4.69) is 0 Å². The van der Waals surface area contributed by atoms with Crippen LogP contribution in [0.25, 0.3) is 5.57 Å². The van der Waals surface area contributed by atoms with Gasteiger partial charge in [-0.25, -0.2) is 4.79 Å². The first kappa shape index (κ1) is 23.3. The van der Waals surface area contributed by atoms with Gasteiger partial charge in [-0.2, -0.15) is 0 Å². The van der Waals surface area contributed by atoms with Crippen LogP contribution in [0.1, 0.15) is 35.3 Å². The quantitative estimate of drug-likeness (QED) is 0.361. The molecule has 0 heterocycles. The fourth-order valence-corrected chi connectivity index (χ4v) is 3.30. The highest BCUT2D eigenvalue weighted by atomic mass is 16.5. The normalized spacial score (nSPS) is 13.3. The molecule has 0 unspecified atom stereocenters. The van der Waals surface area contributed by atoms with Gasteiger partial charge in [0.1, 0.15) is 11.9 Å². The first-order valence-corrected chi connectivity index (χ1v) is 10.8. The van der Waals surface area contributed by atoms with E-state index in [0.29, 0.717) is 18.8 Å². The van der Waals surface area contributed by atoms with E-state index < -0.39 is 6.10 Å². The highest BCUT2D eigenvalue weighted by Crippen LogP contribution is 2.21. The molecular weight excluding hydrogens is 400 g/mol. The van der Waals surface area contributed by atoms with Crippen LogP contribution in [0, 0.1) is 5.92 Å². The van der Waals surface area contributed by atoms with Crippen molar-refractivity contribution in [3.05, 3.63) is 108 Å². The lowest BCUT2D eigenvalue weighted by atomic mass is 9.99. The molecule has 0 fully saturated rings. The second-order valence-electron chi connectivity index (χ2n) is 7.79. The van der Waals surface area contributed by atoms with Crippen molar-refractivity contribution >= 4 is 11.5 Å². The number of benzene rings is 3. The van der Waals surface area contributed by atoms with Crippen LogP contribution in [0.3, 0.4) is 0 Å². The third kappa shape index (κ3) is 6.82. The minimum atomic E-state index is -0.418. The smallest absolute Gasteiger partial charge is 0.338 e. The molecule has 4 nitrogen and oxygen atoms in total.